The van der Waals surface area contributed by atoms with Crippen LogP contribution in [0.5, 0.6) is 0 Å². The molecule has 0 aliphatic heterocycles. The predicted molar refractivity (Wildman–Crippen MR) is 64.1 cm³/mol. The molecule has 0 aromatic rings. The van der Waals surface area contributed by atoms with Crippen LogP contribution in [0.4, 0.5) is 0 Å². The van der Waals surface area contributed by atoms with Crippen molar-refractivity contribution in [3.8, 4) is 0 Å². The van der Waals surface area contributed by atoms with E-state index in [1.807, 2.05) is 12.2 Å². The number of hydrogen-bond acceptors (Lipinski definition) is 2. The van der Waals surface area contributed by atoms with E-state index in [1.54, 1.807) is 12.2 Å². The summed E-state index contributed by atoms with van der Waals surface area (Å²) in [6.45, 7) is 7.43. The molecule has 0 heterocycles. The van der Waals surface area contributed by atoms with E-state index < -0.39 is 7.12 Å². The summed E-state index contributed by atoms with van der Waals surface area (Å²) >= 11 is 0. The molecule has 0 unspecified atom stereocenters. The minimum absolute atomic E-state index is 0.267. The Labute approximate surface area is 90.8 Å². The maximum atomic E-state index is 8.79. The molecule has 1 aliphatic carbocycles. The van der Waals surface area contributed by atoms with Crippen molar-refractivity contribution in [3.63, 3.8) is 0 Å². The Morgan fingerprint density at radius 1 is 1.33 bits per heavy atom. The number of allylic oxidation sites excluding steroid dienone is 8. The smallest absolute Gasteiger partial charge is 0.423 e. The molecule has 0 saturated carbocycles. The fraction of sp³-hybridized carbons (Fsp3) is 0.167. The van der Waals surface area contributed by atoms with Crippen LogP contribution in [-0.4, -0.2) is 17.2 Å². The van der Waals surface area contributed by atoms with Crippen LogP contribution in [0.15, 0.2) is 60.2 Å². The van der Waals surface area contributed by atoms with Gasteiger partial charge in [0.25, 0.3) is 0 Å². The van der Waals surface area contributed by atoms with Crippen LogP contribution in [0.3, 0.4) is 0 Å². The van der Waals surface area contributed by atoms with Crippen LogP contribution < -0.4 is 0 Å². The maximum Gasteiger partial charge on any atom is 0.487 e. The first-order valence-electron chi connectivity index (χ1n) is 4.89. The van der Waals surface area contributed by atoms with Crippen LogP contribution in [0.2, 0.25) is 0 Å². The van der Waals surface area contributed by atoms with Gasteiger partial charge in [0.1, 0.15) is 0 Å². The quantitative estimate of drug-likeness (QED) is 0.540. The second-order valence-electron chi connectivity index (χ2n) is 3.47. The minimum atomic E-state index is -1.49. The zero-order chi connectivity index (χ0) is 11.3. The molecule has 0 aromatic heterocycles. The molecule has 78 valence electrons. The summed E-state index contributed by atoms with van der Waals surface area (Å²) in [5, 5.41) is 17.6. The average molecular weight is 202 g/mol. The van der Waals surface area contributed by atoms with Gasteiger partial charge in [-0.25, -0.2) is 0 Å². The van der Waals surface area contributed by atoms with Crippen molar-refractivity contribution >= 4 is 7.12 Å². The molecular formula is C12H15BO2. The Hall–Kier alpha value is -1.32. The highest BCUT2D eigenvalue weighted by molar-refractivity contribution is 6.51. The standard InChI is InChI=1S/C12H15BO2/c1-10(8-9-11(2)13(14)15)12-6-4-3-5-7-12/h3-4,6,8-9,14-15H,1-2,5,7H2/b9-8-. The highest BCUT2D eigenvalue weighted by Crippen LogP contribution is 2.20. The van der Waals surface area contributed by atoms with Crippen molar-refractivity contribution in [1.29, 1.82) is 0 Å². The van der Waals surface area contributed by atoms with Gasteiger partial charge in [0.05, 0.1) is 0 Å². The highest BCUT2D eigenvalue weighted by atomic mass is 16.4. The second kappa shape index (κ2) is 5.54. The summed E-state index contributed by atoms with van der Waals surface area (Å²) in [5.74, 6) is 0. The van der Waals surface area contributed by atoms with E-state index in [9.17, 15) is 0 Å². The molecule has 0 amide bonds. The van der Waals surface area contributed by atoms with Gasteiger partial charge >= 0.3 is 7.12 Å². The van der Waals surface area contributed by atoms with Gasteiger partial charge in [-0.1, -0.05) is 43.5 Å². The fourth-order valence-electron chi connectivity index (χ4n) is 1.27. The van der Waals surface area contributed by atoms with Crippen LogP contribution in [-0.2, 0) is 0 Å². The minimum Gasteiger partial charge on any atom is -0.423 e. The van der Waals surface area contributed by atoms with Crippen molar-refractivity contribution < 1.29 is 10.0 Å². The van der Waals surface area contributed by atoms with Gasteiger partial charge in [0.2, 0.25) is 0 Å². The van der Waals surface area contributed by atoms with E-state index in [2.05, 4.69) is 19.2 Å². The Balaban J connectivity index is 2.59. The highest BCUT2D eigenvalue weighted by Gasteiger charge is 2.08. The SMILES string of the molecule is C=C(/C=C\C(=C)C1=CC=CCC1)B(O)O. The van der Waals surface area contributed by atoms with E-state index in [4.69, 9.17) is 10.0 Å². The molecule has 0 bridgehead atoms. The number of rotatable bonds is 4. The third kappa shape index (κ3) is 3.74. The van der Waals surface area contributed by atoms with Crippen molar-refractivity contribution in [3.05, 3.63) is 60.2 Å². The van der Waals surface area contributed by atoms with Gasteiger partial charge in [0, 0.05) is 0 Å². The van der Waals surface area contributed by atoms with E-state index in [0.29, 0.717) is 0 Å². The first kappa shape index (κ1) is 11.8. The van der Waals surface area contributed by atoms with E-state index in [-0.39, 0.29) is 5.47 Å². The van der Waals surface area contributed by atoms with Gasteiger partial charge < -0.3 is 10.0 Å². The van der Waals surface area contributed by atoms with Crippen LogP contribution in [0.1, 0.15) is 12.8 Å². The lowest BCUT2D eigenvalue weighted by atomic mass is 9.80. The topological polar surface area (TPSA) is 40.5 Å². The lowest BCUT2D eigenvalue weighted by Gasteiger charge is -2.08. The Morgan fingerprint density at radius 2 is 2.07 bits per heavy atom. The average Bonchev–Trinajstić information content (AvgIpc) is 2.26. The fourth-order valence-corrected chi connectivity index (χ4v) is 1.27. The summed E-state index contributed by atoms with van der Waals surface area (Å²) in [5.41, 5.74) is 2.33. The molecule has 0 spiro atoms. The largest absolute Gasteiger partial charge is 0.487 e. The Morgan fingerprint density at radius 3 is 2.60 bits per heavy atom. The Kier molecular flexibility index (Phi) is 4.34. The van der Waals surface area contributed by atoms with E-state index in [0.717, 1.165) is 18.4 Å². The third-order valence-electron chi connectivity index (χ3n) is 2.26. The van der Waals surface area contributed by atoms with Crippen LogP contribution >= 0.6 is 0 Å². The predicted octanol–water partition coefficient (Wildman–Crippen LogP) is 1.94. The van der Waals surface area contributed by atoms with Crippen LogP contribution in [0, 0.1) is 0 Å². The molecule has 15 heavy (non-hydrogen) atoms. The zero-order valence-corrected chi connectivity index (χ0v) is 8.69. The van der Waals surface area contributed by atoms with Gasteiger partial charge in [-0.15, -0.1) is 0 Å². The molecule has 1 rings (SSSR count). The molecule has 3 heteroatoms. The molecule has 1 aliphatic rings. The monoisotopic (exact) mass is 202 g/mol. The van der Waals surface area contributed by atoms with Crippen molar-refractivity contribution in [2.45, 2.75) is 12.8 Å². The first-order chi connectivity index (χ1) is 7.11. The maximum absolute atomic E-state index is 8.79. The molecular weight excluding hydrogens is 187 g/mol. The molecule has 2 nitrogen and oxygen atoms in total. The summed E-state index contributed by atoms with van der Waals surface area (Å²) < 4.78 is 0. The third-order valence-corrected chi connectivity index (χ3v) is 2.26. The van der Waals surface area contributed by atoms with Crippen molar-refractivity contribution in [1.82, 2.24) is 0 Å². The summed E-state index contributed by atoms with van der Waals surface area (Å²) in [4.78, 5) is 0. The van der Waals surface area contributed by atoms with Crippen LogP contribution in [0.25, 0.3) is 0 Å². The lowest BCUT2D eigenvalue weighted by molar-refractivity contribution is 0.421. The molecule has 2 N–H and O–H groups in total. The van der Waals surface area contributed by atoms with Gasteiger partial charge in [-0.05, 0) is 29.5 Å². The molecule has 0 aromatic carbocycles. The van der Waals surface area contributed by atoms with Crippen molar-refractivity contribution in [2.24, 2.45) is 0 Å². The van der Waals surface area contributed by atoms with Gasteiger partial charge in [-0.3, -0.25) is 0 Å². The summed E-state index contributed by atoms with van der Waals surface area (Å²) in [7, 11) is -1.49. The molecule has 0 radical (unpaired) electrons. The number of hydrogen-bond donors (Lipinski definition) is 2. The molecule has 0 atom stereocenters. The lowest BCUT2D eigenvalue weighted by Crippen LogP contribution is -2.12. The Bertz CT molecular complexity index is 349. The second-order valence-corrected chi connectivity index (χ2v) is 3.47. The summed E-state index contributed by atoms with van der Waals surface area (Å²) in [6, 6.07) is 0. The van der Waals surface area contributed by atoms with Crippen molar-refractivity contribution in [2.75, 3.05) is 0 Å². The molecule has 0 saturated heterocycles. The zero-order valence-electron chi connectivity index (χ0n) is 8.69. The van der Waals surface area contributed by atoms with Gasteiger partial charge in [-0.2, -0.15) is 0 Å². The van der Waals surface area contributed by atoms with E-state index >= 15 is 0 Å². The van der Waals surface area contributed by atoms with Gasteiger partial charge in [0.15, 0.2) is 0 Å². The van der Waals surface area contributed by atoms with E-state index in [1.165, 1.54) is 5.57 Å². The normalized spacial score (nSPS) is 15.2. The first-order valence-corrected chi connectivity index (χ1v) is 4.89. The summed E-state index contributed by atoms with van der Waals surface area (Å²) in [6.07, 6.45) is 11.5. The molecule has 0 fully saturated rings.